The van der Waals surface area contributed by atoms with Crippen LogP contribution in [-0.4, -0.2) is 10.9 Å². The van der Waals surface area contributed by atoms with Gasteiger partial charge in [-0.25, -0.2) is 4.39 Å². The lowest BCUT2D eigenvalue weighted by Crippen LogP contribution is -2.19. The summed E-state index contributed by atoms with van der Waals surface area (Å²) in [6, 6.07) is 10.2. The Morgan fingerprint density at radius 3 is 2.79 bits per heavy atom. The number of alkyl halides is 1. The van der Waals surface area contributed by atoms with Crippen LogP contribution < -0.4 is 5.32 Å². The van der Waals surface area contributed by atoms with E-state index in [0.717, 1.165) is 10.0 Å². The molecule has 2 rings (SSSR count). The summed E-state index contributed by atoms with van der Waals surface area (Å²) in [6.45, 7) is 1.84. The zero-order valence-corrected chi connectivity index (χ0v) is 11.8. The third-order valence-corrected chi connectivity index (χ3v) is 3.56. The van der Waals surface area contributed by atoms with Gasteiger partial charge in [0, 0.05) is 16.4 Å². The van der Waals surface area contributed by atoms with Gasteiger partial charge < -0.3 is 5.32 Å². The molecule has 1 N–H and O–H groups in total. The molecule has 0 spiro atoms. The minimum Gasteiger partial charge on any atom is -0.323 e. The maximum Gasteiger partial charge on any atom is 0.265 e. The van der Waals surface area contributed by atoms with Gasteiger partial charge in [-0.1, -0.05) is 28.1 Å². The highest BCUT2D eigenvalue weighted by Crippen LogP contribution is 2.25. The molecule has 1 aromatic carbocycles. The molecule has 0 saturated heterocycles. The number of amides is 1. The SMILES string of the molecule is Cc1c(Br)cccc1NC(=O)C(F)c1ccccn1. The van der Waals surface area contributed by atoms with Gasteiger partial charge in [0.2, 0.25) is 6.17 Å². The molecule has 1 atom stereocenters. The fourth-order valence-corrected chi connectivity index (χ4v) is 1.97. The van der Waals surface area contributed by atoms with Crippen molar-refractivity contribution >= 4 is 27.5 Å². The van der Waals surface area contributed by atoms with E-state index in [-0.39, 0.29) is 5.69 Å². The number of hydrogen-bond acceptors (Lipinski definition) is 2. The number of anilines is 1. The molecule has 1 aromatic heterocycles. The lowest BCUT2D eigenvalue weighted by molar-refractivity contribution is -0.121. The molecule has 0 bridgehead atoms. The van der Waals surface area contributed by atoms with Crippen molar-refractivity contribution in [1.29, 1.82) is 0 Å². The van der Waals surface area contributed by atoms with Crippen molar-refractivity contribution in [2.45, 2.75) is 13.1 Å². The summed E-state index contributed by atoms with van der Waals surface area (Å²) in [5, 5.41) is 2.57. The standard InChI is InChI=1S/C14H12BrFN2O/c1-9-10(15)5-4-7-11(9)18-14(19)13(16)12-6-2-3-8-17-12/h2-8,13H,1H3,(H,18,19). The van der Waals surface area contributed by atoms with E-state index >= 15 is 0 Å². The van der Waals surface area contributed by atoms with Crippen LogP contribution in [0.4, 0.5) is 10.1 Å². The summed E-state index contributed by atoms with van der Waals surface area (Å²) in [7, 11) is 0. The Labute approximate surface area is 119 Å². The number of halogens is 2. The van der Waals surface area contributed by atoms with Gasteiger partial charge in [0.25, 0.3) is 5.91 Å². The third kappa shape index (κ3) is 3.17. The molecule has 0 aliphatic heterocycles. The normalized spacial score (nSPS) is 11.9. The molecular weight excluding hydrogens is 311 g/mol. The number of rotatable bonds is 3. The maximum absolute atomic E-state index is 14.0. The van der Waals surface area contributed by atoms with Gasteiger partial charge in [-0.3, -0.25) is 9.78 Å². The molecule has 19 heavy (non-hydrogen) atoms. The second kappa shape index (κ2) is 5.93. The first-order valence-corrected chi connectivity index (χ1v) is 6.50. The lowest BCUT2D eigenvalue weighted by atomic mass is 10.2. The van der Waals surface area contributed by atoms with Crippen LogP contribution in [0.25, 0.3) is 0 Å². The molecular formula is C14H12BrFN2O. The van der Waals surface area contributed by atoms with Crippen LogP contribution in [0.15, 0.2) is 47.1 Å². The zero-order chi connectivity index (χ0) is 13.8. The van der Waals surface area contributed by atoms with E-state index in [0.29, 0.717) is 5.69 Å². The number of nitrogens with one attached hydrogen (secondary N) is 1. The van der Waals surface area contributed by atoms with Gasteiger partial charge in [-0.2, -0.15) is 0 Å². The number of benzene rings is 1. The minimum absolute atomic E-state index is 0.104. The first-order valence-electron chi connectivity index (χ1n) is 5.70. The summed E-state index contributed by atoms with van der Waals surface area (Å²) in [5.74, 6) is -0.722. The molecule has 0 aliphatic carbocycles. The molecule has 2 aromatic rings. The highest BCUT2D eigenvalue weighted by atomic mass is 79.9. The molecule has 5 heteroatoms. The summed E-state index contributed by atoms with van der Waals surface area (Å²) in [4.78, 5) is 15.7. The highest BCUT2D eigenvalue weighted by molar-refractivity contribution is 9.10. The number of nitrogens with zero attached hydrogens (tertiary/aromatic N) is 1. The van der Waals surface area contributed by atoms with Gasteiger partial charge in [0.15, 0.2) is 0 Å². The van der Waals surface area contributed by atoms with Crippen LogP contribution >= 0.6 is 15.9 Å². The van der Waals surface area contributed by atoms with Crippen molar-refractivity contribution in [3.8, 4) is 0 Å². The zero-order valence-electron chi connectivity index (χ0n) is 10.2. The molecule has 0 aliphatic rings. The highest BCUT2D eigenvalue weighted by Gasteiger charge is 2.21. The quantitative estimate of drug-likeness (QED) is 0.933. The van der Waals surface area contributed by atoms with Gasteiger partial charge >= 0.3 is 0 Å². The summed E-state index contributed by atoms with van der Waals surface area (Å²) < 4.78 is 14.8. The second-order valence-electron chi connectivity index (χ2n) is 4.02. The fourth-order valence-electron chi connectivity index (χ4n) is 1.60. The second-order valence-corrected chi connectivity index (χ2v) is 4.87. The van der Waals surface area contributed by atoms with E-state index in [9.17, 15) is 9.18 Å². The Morgan fingerprint density at radius 1 is 1.32 bits per heavy atom. The monoisotopic (exact) mass is 322 g/mol. The minimum atomic E-state index is -1.78. The van der Waals surface area contributed by atoms with Crippen molar-refractivity contribution in [1.82, 2.24) is 4.98 Å². The third-order valence-electron chi connectivity index (χ3n) is 2.70. The van der Waals surface area contributed by atoms with Gasteiger partial charge in [-0.05, 0) is 36.8 Å². The van der Waals surface area contributed by atoms with E-state index < -0.39 is 12.1 Å². The average Bonchev–Trinajstić information content (AvgIpc) is 2.44. The average molecular weight is 323 g/mol. The molecule has 1 unspecified atom stereocenters. The van der Waals surface area contributed by atoms with Crippen molar-refractivity contribution in [2.75, 3.05) is 5.32 Å². The molecule has 0 saturated carbocycles. The fraction of sp³-hybridized carbons (Fsp3) is 0.143. The predicted molar refractivity (Wildman–Crippen MR) is 75.6 cm³/mol. The lowest BCUT2D eigenvalue weighted by Gasteiger charge is -2.11. The molecule has 1 heterocycles. The Bertz CT molecular complexity index is 589. The maximum atomic E-state index is 14.0. The molecule has 0 radical (unpaired) electrons. The van der Waals surface area contributed by atoms with Crippen molar-refractivity contribution in [3.63, 3.8) is 0 Å². The van der Waals surface area contributed by atoms with E-state index in [1.54, 1.807) is 24.3 Å². The number of hydrogen-bond donors (Lipinski definition) is 1. The van der Waals surface area contributed by atoms with Gasteiger partial charge in [0.05, 0.1) is 5.69 Å². The summed E-state index contributed by atoms with van der Waals surface area (Å²) >= 11 is 3.36. The van der Waals surface area contributed by atoms with Crippen LogP contribution in [0, 0.1) is 6.92 Å². The smallest absolute Gasteiger partial charge is 0.265 e. The number of aromatic nitrogens is 1. The van der Waals surface area contributed by atoms with Gasteiger partial charge in [-0.15, -0.1) is 0 Å². The predicted octanol–water partition coefficient (Wildman–Crippen LogP) is 3.80. The van der Waals surface area contributed by atoms with Crippen LogP contribution in [0.1, 0.15) is 17.4 Å². The molecule has 0 fully saturated rings. The largest absolute Gasteiger partial charge is 0.323 e. The number of carbonyl (C=O) groups is 1. The van der Waals surface area contributed by atoms with Crippen molar-refractivity contribution in [2.24, 2.45) is 0 Å². The van der Waals surface area contributed by atoms with Crippen LogP contribution in [0.2, 0.25) is 0 Å². The van der Waals surface area contributed by atoms with Crippen LogP contribution in [0.3, 0.4) is 0 Å². The molecule has 3 nitrogen and oxygen atoms in total. The first kappa shape index (κ1) is 13.7. The Morgan fingerprint density at radius 2 is 2.11 bits per heavy atom. The number of carbonyl (C=O) groups excluding carboxylic acids is 1. The van der Waals surface area contributed by atoms with E-state index in [1.807, 2.05) is 13.0 Å². The van der Waals surface area contributed by atoms with E-state index in [2.05, 4.69) is 26.2 Å². The Kier molecular flexibility index (Phi) is 4.27. The van der Waals surface area contributed by atoms with Gasteiger partial charge in [0.1, 0.15) is 0 Å². The first-order chi connectivity index (χ1) is 9.09. The Balaban J connectivity index is 2.15. The molecule has 98 valence electrons. The van der Waals surface area contributed by atoms with Crippen LogP contribution in [-0.2, 0) is 4.79 Å². The summed E-state index contributed by atoms with van der Waals surface area (Å²) in [6.07, 6.45) is -0.320. The topological polar surface area (TPSA) is 42.0 Å². The van der Waals surface area contributed by atoms with E-state index in [1.165, 1.54) is 12.3 Å². The number of pyridine rings is 1. The summed E-state index contributed by atoms with van der Waals surface area (Å²) in [5.41, 5.74) is 1.54. The van der Waals surface area contributed by atoms with Crippen molar-refractivity contribution < 1.29 is 9.18 Å². The van der Waals surface area contributed by atoms with E-state index in [4.69, 9.17) is 0 Å². The Hall–Kier alpha value is -1.75. The molecule has 1 amide bonds. The van der Waals surface area contributed by atoms with Crippen LogP contribution in [0.5, 0.6) is 0 Å². The van der Waals surface area contributed by atoms with Crippen molar-refractivity contribution in [3.05, 3.63) is 58.3 Å².